The first kappa shape index (κ1) is 23.7. The van der Waals surface area contributed by atoms with Crippen molar-refractivity contribution in [1.82, 2.24) is 0 Å². The molecule has 1 N–H and O–H groups in total. The smallest absolute Gasteiger partial charge is 0.507 e. The molecule has 0 saturated carbocycles. The van der Waals surface area contributed by atoms with Gasteiger partial charge in [-0.1, -0.05) is 78.9 Å². The molecule has 0 bridgehead atoms. The molecule has 1 aliphatic carbocycles. The van der Waals surface area contributed by atoms with Crippen molar-refractivity contribution < 1.29 is 26.8 Å². The van der Waals surface area contributed by atoms with E-state index in [-0.39, 0.29) is 44.0 Å². The SMILES string of the molecule is Oc1c(-c2ccc3c(c2)Cc2ccccc2-3)ccc2ccccc12.[CH3-].[CH3-].[CH3-].[Ti+3]. The van der Waals surface area contributed by atoms with Crippen LogP contribution in [0.5, 0.6) is 5.75 Å². The molecule has 28 heavy (non-hydrogen) atoms. The Kier molecular flexibility index (Phi) is 7.81. The number of benzene rings is 4. The van der Waals surface area contributed by atoms with E-state index in [1.165, 1.54) is 22.3 Å². The van der Waals surface area contributed by atoms with Crippen molar-refractivity contribution >= 4 is 10.8 Å². The van der Waals surface area contributed by atoms with Gasteiger partial charge in [0.2, 0.25) is 0 Å². The first-order valence-electron chi connectivity index (χ1n) is 8.23. The molecule has 5 rings (SSSR count). The zero-order valence-electron chi connectivity index (χ0n) is 16.7. The van der Waals surface area contributed by atoms with Crippen molar-refractivity contribution in [2.75, 3.05) is 0 Å². The number of rotatable bonds is 1. The maximum absolute atomic E-state index is 10.7. The third-order valence-electron chi connectivity index (χ3n) is 5.01. The monoisotopic (exact) mass is 401 g/mol. The summed E-state index contributed by atoms with van der Waals surface area (Å²) in [5.74, 6) is 0.364. The zero-order valence-corrected chi connectivity index (χ0v) is 18.2. The molecule has 0 unspecified atom stereocenters. The fourth-order valence-electron chi connectivity index (χ4n) is 3.80. The number of fused-ring (bicyclic) bond motifs is 4. The van der Waals surface area contributed by atoms with E-state index in [0.717, 1.165) is 28.3 Å². The summed E-state index contributed by atoms with van der Waals surface area (Å²) in [5, 5.41) is 12.7. The van der Waals surface area contributed by atoms with Gasteiger partial charge in [-0.15, -0.1) is 0 Å². The number of phenols is 1. The van der Waals surface area contributed by atoms with Gasteiger partial charge in [0.25, 0.3) is 0 Å². The third-order valence-corrected chi connectivity index (χ3v) is 5.01. The quantitative estimate of drug-likeness (QED) is 0.234. The molecule has 0 fully saturated rings. The molecular weight excluding hydrogens is 376 g/mol. The van der Waals surface area contributed by atoms with E-state index in [4.69, 9.17) is 0 Å². The van der Waals surface area contributed by atoms with Gasteiger partial charge in [0, 0.05) is 10.9 Å². The van der Waals surface area contributed by atoms with Crippen molar-refractivity contribution in [1.29, 1.82) is 0 Å². The van der Waals surface area contributed by atoms with Crippen LogP contribution in [0, 0.1) is 22.3 Å². The van der Waals surface area contributed by atoms with E-state index in [9.17, 15) is 5.11 Å². The van der Waals surface area contributed by atoms with Crippen molar-refractivity contribution in [3.8, 4) is 28.0 Å². The average molecular weight is 401 g/mol. The minimum absolute atomic E-state index is 0. The molecule has 2 heteroatoms. The second kappa shape index (κ2) is 9.23. The first-order valence-corrected chi connectivity index (χ1v) is 8.23. The Morgan fingerprint density at radius 1 is 0.607 bits per heavy atom. The minimum atomic E-state index is 0. The van der Waals surface area contributed by atoms with Gasteiger partial charge in [-0.05, 0) is 39.6 Å². The number of aromatic hydroxyl groups is 1. The predicted octanol–water partition coefficient (Wildman–Crippen LogP) is 7.13. The Bertz CT molecular complexity index is 1100. The molecule has 0 spiro atoms. The second-order valence-electron chi connectivity index (χ2n) is 6.39. The van der Waals surface area contributed by atoms with Crippen LogP contribution in [0.2, 0.25) is 0 Å². The Labute approximate surface area is 183 Å². The van der Waals surface area contributed by atoms with Gasteiger partial charge >= 0.3 is 21.7 Å². The summed E-state index contributed by atoms with van der Waals surface area (Å²) in [7, 11) is 0. The van der Waals surface area contributed by atoms with Crippen LogP contribution in [-0.4, -0.2) is 5.11 Å². The molecule has 1 radical (unpaired) electrons. The molecule has 0 saturated heterocycles. The van der Waals surface area contributed by atoms with Crippen LogP contribution in [0.1, 0.15) is 11.1 Å². The van der Waals surface area contributed by atoms with E-state index < -0.39 is 0 Å². The normalized spacial score (nSPS) is 10.4. The Balaban J connectivity index is 0.000000980. The molecule has 0 heterocycles. The number of phenolic OH excluding ortho intramolecular Hbond substituents is 1. The van der Waals surface area contributed by atoms with Crippen molar-refractivity contribution in [2.45, 2.75) is 6.42 Å². The van der Waals surface area contributed by atoms with E-state index in [1.807, 2.05) is 30.3 Å². The van der Waals surface area contributed by atoms with Crippen molar-refractivity contribution in [3.63, 3.8) is 0 Å². The number of hydrogen-bond acceptors (Lipinski definition) is 1. The van der Waals surface area contributed by atoms with Crippen LogP contribution in [0.25, 0.3) is 33.0 Å². The van der Waals surface area contributed by atoms with E-state index in [0.29, 0.717) is 5.75 Å². The third kappa shape index (κ3) is 3.65. The molecule has 139 valence electrons. The Morgan fingerprint density at radius 2 is 1.25 bits per heavy atom. The summed E-state index contributed by atoms with van der Waals surface area (Å²) in [5.41, 5.74) is 7.34. The fourth-order valence-corrected chi connectivity index (χ4v) is 3.80. The molecule has 4 aromatic rings. The van der Waals surface area contributed by atoms with Gasteiger partial charge in [-0.3, -0.25) is 0 Å². The predicted molar refractivity (Wildman–Crippen MR) is 119 cm³/mol. The second-order valence-corrected chi connectivity index (χ2v) is 6.39. The van der Waals surface area contributed by atoms with E-state index >= 15 is 0 Å². The molecule has 1 aliphatic rings. The number of hydrogen-bond donors (Lipinski definition) is 1. The van der Waals surface area contributed by atoms with Crippen molar-refractivity contribution in [2.24, 2.45) is 0 Å². The van der Waals surface area contributed by atoms with Gasteiger partial charge in [-0.25, -0.2) is 0 Å². The molecular formula is C26H25OTi. The largest absolute Gasteiger partial charge is 3.00 e. The van der Waals surface area contributed by atoms with Gasteiger partial charge in [0.05, 0.1) is 0 Å². The average Bonchev–Trinajstić information content (AvgIpc) is 3.00. The van der Waals surface area contributed by atoms with Crippen LogP contribution < -0.4 is 0 Å². The van der Waals surface area contributed by atoms with Gasteiger partial charge in [-0.2, -0.15) is 0 Å². The summed E-state index contributed by atoms with van der Waals surface area (Å²) in [6.07, 6.45) is 0.966. The summed E-state index contributed by atoms with van der Waals surface area (Å²) in [6, 6.07) is 27.1. The first-order chi connectivity index (χ1) is 11.8. The summed E-state index contributed by atoms with van der Waals surface area (Å²) in [6.45, 7) is 0. The molecule has 0 atom stereocenters. The van der Waals surface area contributed by atoms with Gasteiger partial charge in [0.15, 0.2) is 0 Å². The van der Waals surface area contributed by atoms with Crippen molar-refractivity contribution in [3.05, 3.63) is 112 Å². The maximum atomic E-state index is 10.7. The van der Waals surface area contributed by atoms with Crippen LogP contribution in [0.15, 0.2) is 78.9 Å². The van der Waals surface area contributed by atoms with E-state index in [1.54, 1.807) is 0 Å². The minimum Gasteiger partial charge on any atom is -0.507 e. The molecule has 0 amide bonds. The van der Waals surface area contributed by atoms with E-state index in [2.05, 4.69) is 48.5 Å². The standard InChI is InChI=1S/C23H16O.3CH3.Ti/c24-23-21-8-4-1-5-15(21)9-12-22(23)17-10-11-20-18(14-17)13-16-6-2-3-7-19(16)20;;;;/h1-12,14,24H,13H2;3*1H3;/q;3*-1;+3. The Hall–Kier alpha value is -2.35. The summed E-state index contributed by atoms with van der Waals surface area (Å²) < 4.78 is 0. The molecule has 4 aromatic carbocycles. The molecule has 0 aliphatic heterocycles. The van der Waals surface area contributed by atoms with Gasteiger partial charge < -0.3 is 27.4 Å². The van der Waals surface area contributed by atoms with Crippen LogP contribution in [0.3, 0.4) is 0 Å². The summed E-state index contributed by atoms with van der Waals surface area (Å²) >= 11 is 0. The van der Waals surface area contributed by atoms with Gasteiger partial charge in [0.1, 0.15) is 5.75 Å². The maximum Gasteiger partial charge on any atom is 3.00 e. The Morgan fingerprint density at radius 3 is 2.07 bits per heavy atom. The fraction of sp³-hybridized carbons (Fsp3) is 0.0385. The van der Waals surface area contributed by atoms with Crippen LogP contribution in [0.4, 0.5) is 0 Å². The molecule has 1 nitrogen and oxygen atoms in total. The van der Waals surface area contributed by atoms with Crippen LogP contribution >= 0.6 is 0 Å². The zero-order chi connectivity index (χ0) is 16.1. The summed E-state index contributed by atoms with van der Waals surface area (Å²) in [4.78, 5) is 0. The topological polar surface area (TPSA) is 20.2 Å². The van der Waals surface area contributed by atoms with Crippen LogP contribution in [-0.2, 0) is 28.1 Å². The molecule has 0 aromatic heterocycles.